The lowest BCUT2D eigenvalue weighted by atomic mass is 10.2. The fourth-order valence-corrected chi connectivity index (χ4v) is 2.54. The zero-order valence-corrected chi connectivity index (χ0v) is 11.0. The highest BCUT2D eigenvalue weighted by atomic mass is 35.5. The molecule has 2 aromatic rings. The van der Waals surface area contributed by atoms with Crippen molar-refractivity contribution in [2.45, 2.75) is 4.90 Å². The summed E-state index contributed by atoms with van der Waals surface area (Å²) in [5.74, 6) is 0. The maximum absolute atomic E-state index is 11.9. The molecule has 0 unspecified atom stereocenters. The highest BCUT2D eigenvalue weighted by Crippen LogP contribution is 2.21. The van der Waals surface area contributed by atoms with Crippen molar-refractivity contribution in [2.75, 3.05) is 14.1 Å². The molecule has 6 heteroatoms. The Hall–Kier alpha value is -1.17. The molecule has 0 amide bonds. The van der Waals surface area contributed by atoms with Crippen molar-refractivity contribution in [1.29, 1.82) is 0 Å². The molecule has 0 aliphatic heterocycles. The average molecular weight is 271 g/mol. The van der Waals surface area contributed by atoms with Gasteiger partial charge < -0.3 is 0 Å². The van der Waals surface area contributed by atoms with Crippen molar-refractivity contribution in [3.8, 4) is 0 Å². The number of hydrogen-bond acceptors (Lipinski definition) is 3. The summed E-state index contributed by atoms with van der Waals surface area (Å²) in [6.45, 7) is 0. The van der Waals surface area contributed by atoms with Gasteiger partial charge in [-0.2, -0.15) is 0 Å². The van der Waals surface area contributed by atoms with Crippen molar-refractivity contribution < 1.29 is 8.42 Å². The van der Waals surface area contributed by atoms with Crippen LogP contribution in [0.25, 0.3) is 10.9 Å². The molecule has 90 valence electrons. The topological polar surface area (TPSA) is 50.3 Å². The molecule has 1 aromatic heterocycles. The fourth-order valence-electron chi connectivity index (χ4n) is 1.45. The van der Waals surface area contributed by atoms with Gasteiger partial charge in [-0.3, -0.25) is 0 Å². The molecule has 1 heterocycles. The Bertz CT molecular complexity index is 668. The summed E-state index contributed by atoms with van der Waals surface area (Å²) in [6, 6.07) is 8.15. The summed E-state index contributed by atoms with van der Waals surface area (Å²) in [7, 11) is -0.407. The Morgan fingerprint density at radius 3 is 2.53 bits per heavy atom. The van der Waals surface area contributed by atoms with Crippen molar-refractivity contribution in [2.24, 2.45) is 0 Å². The molecule has 2 rings (SSSR count). The third kappa shape index (κ3) is 2.26. The molecule has 0 N–H and O–H groups in total. The molecule has 4 nitrogen and oxygen atoms in total. The van der Waals surface area contributed by atoms with E-state index in [4.69, 9.17) is 11.6 Å². The van der Waals surface area contributed by atoms with Gasteiger partial charge >= 0.3 is 0 Å². The van der Waals surface area contributed by atoms with Crippen LogP contribution in [0.15, 0.2) is 35.2 Å². The van der Waals surface area contributed by atoms with Crippen LogP contribution in [0, 0.1) is 0 Å². The largest absolute Gasteiger partial charge is 0.242 e. The highest BCUT2D eigenvalue weighted by Gasteiger charge is 2.17. The van der Waals surface area contributed by atoms with Gasteiger partial charge in [0.2, 0.25) is 10.0 Å². The molecule has 0 spiro atoms. The van der Waals surface area contributed by atoms with Crippen LogP contribution in [0.2, 0.25) is 5.15 Å². The molecule has 0 fully saturated rings. The van der Waals surface area contributed by atoms with E-state index in [0.717, 1.165) is 5.39 Å². The Morgan fingerprint density at radius 1 is 1.18 bits per heavy atom. The SMILES string of the molecule is CN(C)S(=O)(=O)c1ccc2nc(Cl)ccc2c1. The lowest BCUT2D eigenvalue weighted by molar-refractivity contribution is 0.521. The third-order valence-electron chi connectivity index (χ3n) is 2.41. The molecule has 0 saturated carbocycles. The van der Waals surface area contributed by atoms with Crippen LogP contribution >= 0.6 is 11.6 Å². The van der Waals surface area contributed by atoms with E-state index in [9.17, 15) is 8.42 Å². The van der Waals surface area contributed by atoms with Crippen LogP contribution in [-0.2, 0) is 10.0 Å². The standard InChI is InChI=1S/C11H11ClN2O2S/c1-14(2)17(15,16)9-4-5-10-8(7-9)3-6-11(12)13-10/h3-7H,1-2H3. The van der Waals surface area contributed by atoms with E-state index in [1.54, 1.807) is 24.3 Å². The molecule has 0 saturated heterocycles. The first-order valence-corrected chi connectivity index (χ1v) is 6.72. The number of nitrogens with zero attached hydrogens (tertiary/aromatic N) is 2. The van der Waals surface area contributed by atoms with Gasteiger partial charge in [0.1, 0.15) is 5.15 Å². The number of sulfonamides is 1. The molecule has 17 heavy (non-hydrogen) atoms. The predicted molar refractivity (Wildman–Crippen MR) is 67.6 cm³/mol. The van der Waals surface area contributed by atoms with Crippen molar-refractivity contribution in [1.82, 2.24) is 9.29 Å². The van der Waals surface area contributed by atoms with Gasteiger partial charge in [-0.25, -0.2) is 17.7 Å². The molecular formula is C11H11ClN2O2S. The summed E-state index contributed by atoms with van der Waals surface area (Å²) < 4.78 is 25.0. The maximum atomic E-state index is 11.9. The molecule has 0 aliphatic carbocycles. The summed E-state index contributed by atoms with van der Waals surface area (Å²) >= 11 is 5.76. The van der Waals surface area contributed by atoms with Gasteiger partial charge in [-0.05, 0) is 30.3 Å². The Kier molecular flexibility index (Phi) is 3.07. The molecule has 0 radical (unpaired) electrons. The quantitative estimate of drug-likeness (QED) is 0.786. The zero-order valence-electron chi connectivity index (χ0n) is 9.38. The van der Waals surface area contributed by atoms with E-state index in [1.807, 2.05) is 0 Å². The lowest BCUT2D eigenvalue weighted by Gasteiger charge is -2.11. The van der Waals surface area contributed by atoms with E-state index < -0.39 is 10.0 Å². The fraction of sp³-hybridized carbons (Fsp3) is 0.182. The molecule has 0 aliphatic rings. The van der Waals surface area contributed by atoms with Gasteiger partial charge in [-0.15, -0.1) is 0 Å². The van der Waals surface area contributed by atoms with Gasteiger partial charge in [0.05, 0.1) is 10.4 Å². The average Bonchev–Trinajstić information content (AvgIpc) is 2.28. The molecule has 0 atom stereocenters. The molecular weight excluding hydrogens is 260 g/mol. The number of benzene rings is 1. The van der Waals surface area contributed by atoms with Crippen LogP contribution < -0.4 is 0 Å². The van der Waals surface area contributed by atoms with Gasteiger partial charge in [0.15, 0.2) is 0 Å². The van der Waals surface area contributed by atoms with Gasteiger partial charge in [0.25, 0.3) is 0 Å². The molecule has 0 bridgehead atoms. The first-order chi connectivity index (χ1) is 7.91. The number of hydrogen-bond donors (Lipinski definition) is 0. The lowest BCUT2D eigenvalue weighted by Crippen LogP contribution is -2.22. The summed E-state index contributed by atoms with van der Waals surface area (Å²) in [5.41, 5.74) is 0.676. The maximum Gasteiger partial charge on any atom is 0.242 e. The number of halogens is 1. The van der Waals surface area contributed by atoms with E-state index >= 15 is 0 Å². The van der Waals surface area contributed by atoms with Crippen molar-refractivity contribution >= 4 is 32.5 Å². The minimum absolute atomic E-state index is 0.249. The predicted octanol–water partition coefficient (Wildman–Crippen LogP) is 2.14. The van der Waals surface area contributed by atoms with E-state index in [1.165, 1.54) is 24.5 Å². The normalized spacial score (nSPS) is 12.2. The van der Waals surface area contributed by atoms with E-state index in [0.29, 0.717) is 10.7 Å². The molecule has 1 aromatic carbocycles. The number of pyridine rings is 1. The second kappa shape index (κ2) is 4.25. The summed E-state index contributed by atoms with van der Waals surface area (Å²) in [4.78, 5) is 4.35. The minimum Gasteiger partial charge on any atom is -0.236 e. The number of fused-ring (bicyclic) bond motifs is 1. The highest BCUT2D eigenvalue weighted by molar-refractivity contribution is 7.89. The van der Waals surface area contributed by atoms with Crippen LogP contribution in [0.5, 0.6) is 0 Å². The Morgan fingerprint density at radius 2 is 1.88 bits per heavy atom. The first kappa shape index (κ1) is 12.3. The van der Waals surface area contributed by atoms with E-state index in [2.05, 4.69) is 4.98 Å². The van der Waals surface area contributed by atoms with E-state index in [-0.39, 0.29) is 4.90 Å². The summed E-state index contributed by atoms with van der Waals surface area (Å²) in [6.07, 6.45) is 0. The second-order valence-corrected chi connectivity index (χ2v) is 6.31. The summed E-state index contributed by atoms with van der Waals surface area (Å²) in [5, 5.41) is 1.14. The Labute approximate surface area is 105 Å². The van der Waals surface area contributed by atoms with Crippen molar-refractivity contribution in [3.05, 3.63) is 35.5 Å². The van der Waals surface area contributed by atoms with Crippen LogP contribution in [0.3, 0.4) is 0 Å². The van der Waals surface area contributed by atoms with Gasteiger partial charge in [0, 0.05) is 19.5 Å². The zero-order chi connectivity index (χ0) is 12.6. The monoisotopic (exact) mass is 270 g/mol. The second-order valence-electron chi connectivity index (χ2n) is 3.78. The van der Waals surface area contributed by atoms with Crippen LogP contribution in [0.1, 0.15) is 0 Å². The number of rotatable bonds is 2. The number of aromatic nitrogens is 1. The smallest absolute Gasteiger partial charge is 0.236 e. The van der Waals surface area contributed by atoms with Crippen LogP contribution in [-0.4, -0.2) is 31.8 Å². The van der Waals surface area contributed by atoms with Crippen molar-refractivity contribution in [3.63, 3.8) is 0 Å². The first-order valence-electron chi connectivity index (χ1n) is 4.90. The van der Waals surface area contributed by atoms with Crippen LogP contribution in [0.4, 0.5) is 0 Å². The minimum atomic E-state index is -3.41. The third-order valence-corrected chi connectivity index (χ3v) is 4.43. The van der Waals surface area contributed by atoms with Gasteiger partial charge in [-0.1, -0.05) is 11.6 Å². The Balaban J connectivity index is 2.64.